The molecule has 0 heterocycles. The zero-order valence-corrected chi connectivity index (χ0v) is 12.7. The second-order valence-corrected chi connectivity index (χ2v) is 6.33. The molecule has 0 spiro atoms. The van der Waals surface area contributed by atoms with Gasteiger partial charge in [0.1, 0.15) is 5.82 Å². The lowest BCUT2D eigenvalue weighted by Gasteiger charge is -2.36. The molecule has 1 aliphatic carbocycles. The minimum atomic E-state index is -0.170. The second-order valence-electron chi connectivity index (χ2n) is 6.33. The van der Waals surface area contributed by atoms with Crippen molar-refractivity contribution in [3.8, 4) is 0 Å². The highest BCUT2D eigenvalue weighted by molar-refractivity contribution is 5.15. The number of halogens is 1. The van der Waals surface area contributed by atoms with E-state index in [1.54, 1.807) is 0 Å². The first-order valence-corrected chi connectivity index (χ1v) is 7.77. The van der Waals surface area contributed by atoms with Gasteiger partial charge in [0.15, 0.2) is 0 Å². The van der Waals surface area contributed by atoms with Gasteiger partial charge in [-0.15, -0.1) is 0 Å². The molecule has 2 nitrogen and oxygen atoms in total. The van der Waals surface area contributed by atoms with Crippen LogP contribution in [0.25, 0.3) is 0 Å². The van der Waals surface area contributed by atoms with Gasteiger partial charge in [0, 0.05) is 19.1 Å². The molecule has 0 amide bonds. The molecule has 3 heteroatoms. The Balaban J connectivity index is 1.86. The van der Waals surface area contributed by atoms with Gasteiger partial charge < -0.3 is 10.6 Å². The maximum Gasteiger partial charge on any atom is 0.123 e. The third-order valence-corrected chi connectivity index (χ3v) is 4.64. The van der Waals surface area contributed by atoms with Crippen molar-refractivity contribution in [3.63, 3.8) is 0 Å². The van der Waals surface area contributed by atoms with Crippen molar-refractivity contribution in [1.29, 1.82) is 0 Å². The van der Waals surface area contributed by atoms with Crippen LogP contribution < -0.4 is 5.73 Å². The van der Waals surface area contributed by atoms with Crippen LogP contribution in [0.1, 0.15) is 38.2 Å². The molecule has 2 rings (SSSR count). The molecule has 2 N–H and O–H groups in total. The largest absolute Gasteiger partial charge is 0.327 e. The first kappa shape index (κ1) is 15.5. The van der Waals surface area contributed by atoms with Crippen LogP contribution in [-0.2, 0) is 6.54 Å². The molecule has 1 aromatic carbocycles. The number of hydrogen-bond acceptors (Lipinski definition) is 2. The molecule has 20 heavy (non-hydrogen) atoms. The van der Waals surface area contributed by atoms with Crippen molar-refractivity contribution in [2.75, 3.05) is 13.6 Å². The topological polar surface area (TPSA) is 29.3 Å². The van der Waals surface area contributed by atoms with E-state index >= 15 is 0 Å². The van der Waals surface area contributed by atoms with Gasteiger partial charge in [0.2, 0.25) is 0 Å². The van der Waals surface area contributed by atoms with Crippen LogP contribution in [0.15, 0.2) is 24.3 Å². The SMILES string of the molecule is CCC1CCC(N)C(CN(C)Cc2ccc(F)cc2)C1. The van der Waals surface area contributed by atoms with E-state index in [2.05, 4.69) is 18.9 Å². The third kappa shape index (κ3) is 4.29. The number of benzene rings is 1. The summed E-state index contributed by atoms with van der Waals surface area (Å²) in [6, 6.07) is 7.13. The maximum absolute atomic E-state index is 12.9. The zero-order valence-electron chi connectivity index (χ0n) is 12.7. The normalized spacial score (nSPS) is 26.9. The highest BCUT2D eigenvalue weighted by atomic mass is 19.1. The van der Waals surface area contributed by atoms with Gasteiger partial charge in [-0.2, -0.15) is 0 Å². The first-order valence-electron chi connectivity index (χ1n) is 7.77. The van der Waals surface area contributed by atoms with Crippen molar-refractivity contribution in [2.45, 2.75) is 45.2 Å². The van der Waals surface area contributed by atoms with E-state index in [1.165, 1.54) is 31.4 Å². The summed E-state index contributed by atoms with van der Waals surface area (Å²) in [5.41, 5.74) is 7.44. The molecular formula is C17H27FN2. The van der Waals surface area contributed by atoms with Gasteiger partial charge in [-0.05, 0) is 55.8 Å². The Hall–Kier alpha value is -0.930. The minimum absolute atomic E-state index is 0.170. The summed E-state index contributed by atoms with van der Waals surface area (Å²) in [6.45, 7) is 4.18. The molecule has 3 atom stereocenters. The Kier molecular flexibility index (Phi) is 5.55. The molecule has 1 fully saturated rings. The fraction of sp³-hybridized carbons (Fsp3) is 0.647. The van der Waals surface area contributed by atoms with Crippen molar-refractivity contribution in [3.05, 3.63) is 35.6 Å². The van der Waals surface area contributed by atoms with E-state index in [0.29, 0.717) is 12.0 Å². The molecule has 0 aliphatic heterocycles. The highest BCUT2D eigenvalue weighted by Crippen LogP contribution is 2.30. The van der Waals surface area contributed by atoms with Crippen molar-refractivity contribution >= 4 is 0 Å². The van der Waals surface area contributed by atoms with Crippen molar-refractivity contribution in [2.24, 2.45) is 17.6 Å². The lowest BCUT2D eigenvalue weighted by Crippen LogP contribution is -2.42. The van der Waals surface area contributed by atoms with Gasteiger partial charge in [-0.1, -0.05) is 25.5 Å². The van der Waals surface area contributed by atoms with E-state index in [0.717, 1.165) is 31.0 Å². The van der Waals surface area contributed by atoms with E-state index in [4.69, 9.17) is 5.73 Å². The molecule has 0 saturated heterocycles. The third-order valence-electron chi connectivity index (χ3n) is 4.64. The summed E-state index contributed by atoms with van der Waals surface area (Å²) >= 11 is 0. The molecule has 1 aromatic rings. The quantitative estimate of drug-likeness (QED) is 0.894. The molecule has 0 aromatic heterocycles. The number of rotatable bonds is 5. The summed E-state index contributed by atoms with van der Waals surface area (Å²) in [5.74, 6) is 1.27. The predicted octanol–water partition coefficient (Wildman–Crippen LogP) is 3.41. The smallest absolute Gasteiger partial charge is 0.123 e. The number of nitrogens with two attached hydrogens (primary N) is 1. The number of hydrogen-bond donors (Lipinski definition) is 1. The van der Waals surface area contributed by atoms with Gasteiger partial charge >= 0.3 is 0 Å². The lowest BCUT2D eigenvalue weighted by molar-refractivity contribution is 0.168. The summed E-state index contributed by atoms with van der Waals surface area (Å²) in [6.07, 6.45) is 4.97. The molecule has 1 aliphatic rings. The Labute approximate surface area is 122 Å². The summed E-state index contributed by atoms with van der Waals surface area (Å²) in [7, 11) is 2.13. The van der Waals surface area contributed by atoms with Crippen LogP contribution in [0.3, 0.4) is 0 Å². The lowest BCUT2D eigenvalue weighted by atomic mass is 9.77. The van der Waals surface area contributed by atoms with Gasteiger partial charge in [0.05, 0.1) is 0 Å². The summed E-state index contributed by atoms with van der Waals surface area (Å²) in [5, 5.41) is 0. The predicted molar refractivity (Wildman–Crippen MR) is 81.8 cm³/mol. The Bertz CT molecular complexity index is 404. The van der Waals surface area contributed by atoms with Crippen LogP contribution in [0, 0.1) is 17.7 Å². The molecule has 3 unspecified atom stereocenters. The van der Waals surface area contributed by atoms with Gasteiger partial charge in [-0.25, -0.2) is 4.39 Å². The van der Waals surface area contributed by atoms with E-state index in [-0.39, 0.29) is 5.82 Å². The van der Waals surface area contributed by atoms with Crippen LogP contribution >= 0.6 is 0 Å². The maximum atomic E-state index is 12.9. The minimum Gasteiger partial charge on any atom is -0.327 e. The fourth-order valence-electron chi connectivity index (χ4n) is 3.33. The zero-order chi connectivity index (χ0) is 14.5. The van der Waals surface area contributed by atoms with Crippen molar-refractivity contribution < 1.29 is 4.39 Å². The average molecular weight is 278 g/mol. The van der Waals surface area contributed by atoms with Gasteiger partial charge in [0.25, 0.3) is 0 Å². The molecular weight excluding hydrogens is 251 g/mol. The van der Waals surface area contributed by atoms with Crippen LogP contribution in [0.2, 0.25) is 0 Å². The molecule has 1 saturated carbocycles. The second kappa shape index (κ2) is 7.19. The van der Waals surface area contributed by atoms with Crippen LogP contribution in [0.5, 0.6) is 0 Å². The monoisotopic (exact) mass is 278 g/mol. The Morgan fingerprint density at radius 3 is 2.60 bits per heavy atom. The standard InChI is InChI=1S/C17H27FN2/c1-3-13-6-9-17(19)15(10-13)12-20(2)11-14-4-7-16(18)8-5-14/h4-5,7-8,13,15,17H,3,6,9-12,19H2,1-2H3. The molecule has 0 bridgehead atoms. The Morgan fingerprint density at radius 2 is 1.95 bits per heavy atom. The van der Waals surface area contributed by atoms with E-state index < -0.39 is 0 Å². The molecule has 112 valence electrons. The number of nitrogens with zero attached hydrogens (tertiary/aromatic N) is 1. The average Bonchev–Trinajstić information content (AvgIpc) is 2.44. The van der Waals surface area contributed by atoms with E-state index in [9.17, 15) is 4.39 Å². The van der Waals surface area contributed by atoms with E-state index in [1.807, 2.05) is 12.1 Å². The van der Waals surface area contributed by atoms with Crippen molar-refractivity contribution in [1.82, 2.24) is 4.90 Å². The Morgan fingerprint density at radius 1 is 1.25 bits per heavy atom. The fourth-order valence-corrected chi connectivity index (χ4v) is 3.33. The molecule has 0 radical (unpaired) electrons. The van der Waals surface area contributed by atoms with Crippen LogP contribution in [0.4, 0.5) is 4.39 Å². The van der Waals surface area contributed by atoms with Crippen LogP contribution in [-0.4, -0.2) is 24.5 Å². The first-order chi connectivity index (χ1) is 9.58. The highest BCUT2D eigenvalue weighted by Gasteiger charge is 2.27. The summed E-state index contributed by atoms with van der Waals surface area (Å²) in [4.78, 5) is 2.32. The van der Waals surface area contributed by atoms with Gasteiger partial charge in [-0.3, -0.25) is 0 Å². The summed E-state index contributed by atoms with van der Waals surface area (Å²) < 4.78 is 12.9.